The fourth-order valence-electron chi connectivity index (χ4n) is 5.31. The van der Waals surface area contributed by atoms with Gasteiger partial charge in [-0.1, -0.05) is 25.9 Å². The largest absolute Gasteiger partial charge is 0.361 e. The van der Waals surface area contributed by atoms with E-state index in [1.54, 1.807) is 0 Å². The van der Waals surface area contributed by atoms with E-state index in [1.165, 1.54) is 17.7 Å². The normalized spacial score (nSPS) is 20.5. The Hall–Kier alpha value is -2.11. The molecule has 1 saturated heterocycles. The number of fused-ring (bicyclic) bond motifs is 1. The molecule has 0 N–H and O–H groups in total. The van der Waals surface area contributed by atoms with Gasteiger partial charge in [0.25, 0.3) is 5.91 Å². The zero-order valence-corrected chi connectivity index (χ0v) is 19.4. The Morgan fingerprint density at radius 2 is 1.87 bits per heavy atom. The molecule has 4 rings (SSSR count). The zero-order valence-electron chi connectivity index (χ0n) is 19.4. The molecule has 0 spiro atoms. The van der Waals surface area contributed by atoms with E-state index in [9.17, 15) is 4.79 Å². The molecule has 30 heavy (non-hydrogen) atoms. The molecule has 1 fully saturated rings. The van der Waals surface area contributed by atoms with Gasteiger partial charge in [0.15, 0.2) is 0 Å². The molecule has 0 aromatic carbocycles. The van der Waals surface area contributed by atoms with Gasteiger partial charge in [-0.05, 0) is 64.2 Å². The summed E-state index contributed by atoms with van der Waals surface area (Å²) in [6, 6.07) is 0. The molecule has 2 aliphatic rings. The summed E-state index contributed by atoms with van der Waals surface area (Å²) in [7, 11) is 0. The van der Waals surface area contributed by atoms with Crippen LogP contribution in [0.5, 0.6) is 0 Å². The quantitative estimate of drug-likeness (QED) is 0.734. The number of nitrogens with zero attached hydrogens (tertiary/aromatic N) is 4. The van der Waals surface area contributed by atoms with Crippen LogP contribution < -0.4 is 0 Å². The second kappa shape index (κ2) is 7.86. The first-order valence-corrected chi connectivity index (χ1v) is 11.5. The van der Waals surface area contributed by atoms with Crippen molar-refractivity contribution in [2.75, 3.05) is 13.1 Å². The van der Waals surface area contributed by atoms with Crippen molar-refractivity contribution < 1.29 is 9.32 Å². The van der Waals surface area contributed by atoms with Crippen LogP contribution in [-0.2, 0) is 19.4 Å². The first-order chi connectivity index (χ1) is 14.2. The van der Waals surface area contributed by atoms with E-state index in [0.29, 0.717) is 17.3 Å². The second-order valence-electron chi connectivity index (χ2n) is 10.2. The van der Waals surface area contributed by atoms with E-state index in [1.807, 2.05) is 23.4 Å². The summed E-state index contributed by atoms with van der Waals surface area (Å²) < 4.78 is 7.81. The number of aromatic nitrogens is 3. The van der Waals surface area contributed by atoms with Crippen LogP contribution in [0.15, 0.2) is 4.52 Å². The Bertz CT molecular complexity index is 926. The van der Waals surface area contributed by atoms with Gasteiger partial charge in [0, 0.05) is 36.8 Å². The average Bonchev–Trinajstić information content (AvgIpc) is 3.26. The summed E-state index contributed by atoms with van der Waals surface area (Å²) in [6.07, 6.45) is 5.17. The summed E-state index contributed by atoms with van der Waals surface area (Å²) in [6.45, 7) is 15.3. The molecule has 6 heteroatoms. The first kappa shape index (κ1) is 21.1. The van der Waals surface area contributed by atoms with Crippen LogP contribution in [0.25, 0.3) is 0 Å². The molecule has 0 radical (unpaired) electrons. The van der Waals surface area contributed by atoms with Crippen LogP contribution in [0.2, 0.25) is 0 Å². The fraction of sp³-hybridized carbons (Fsp3) is 0.708. The molecular formula is C24H36N4O2. The van der Waals surface area contributed by atoms with Crippen molar-refractivity contribution in [1.82, 2.24) is 19.8 Å². The van der Waals surface area contributed by atoms with E-state index in [4.69, 9.17) is 4.52 Å². The van der Waals surface area contributed by atoms with Crippen LogP contribution in [0.1, 0.15) is 91.6 Å². The van der Waals surface area contributed by atoms with Crippen molar-refractivity contribution in [3.8, 4) is 0 Å². The van der Waals surface area contributed by atoms with Gasteiger partial charge >= 0.3 is 0 Å². The third-order valence-electron chi connectivity index (χ3n) is 7.35. The number of carbonyl (C=O) groups excluding carboxylic acids is 1. The molecule has 164 valence electrons. The Morgan fingerprint density at radius 1 is 1.17 bits per heavy atom. The molecule has 3 heterocycles. The lowest BCUT2D eigenvalue weighted by atomic mass is 9.71. The van der Waals surface area contributed by atoms with E-state index in [-0.39, 0.29) is 5.91 Å². The smallest absolute Gasteiger partial charge is 0.257 e. The number of hydrogen-bond acceptors (Lipinski definition) is 4. The highest BCUT2D eigenvalue weighted by Gasteiger charge is 2.36. The summed E-state index contributed by atoms with van der Waals surface area (Å²) >= 11 is 0. The molecule has 0 bridgehead atoms. The minimum Gasteiger partial charge on any atom is -0.361 e. The highest BCUT2D eigenvalue weighted by atomic mass is 16.5. The monoisotopic (exact) mass is 412 g/mol. The van der Waals surface area contributed by atoms with Crippen LogP contribution in [0.3, 0.4) is 0 Å². The lowest BCUT2D eigenvalue weighted by molar-refractivity contribution is 0.0704. The Balaban J connectivity index is 1.46. The van der Waals surface area contributed by atoms with Crippen molar-refractivity contribution in [3.05, 3.63) is 34.0 Å². The van der Waals surface area contributed by atoms with E-state index < -0.39 is 0 Å². The molecule has 1 unspecified atom stereocenters. The SMILES string of the molecule is CCn1nc(C)c(C(=O)N2CCC(c3onc4c3CC(C(C)(C)C)CC4)CC2)c1C. The van der Waals surface area contributed by atoms with Crippen molar-refractivity contribution in [2.45, 2.75) is 86.1 Å². The third-order valence-corrected chi connectivity index (χ3v) is 7.35. The zero-order chi connectivity index (χ0) is 21.6. The Labute approximate surface area is 180 Å². The summed E-state index contributed by atoms with van der Waals surface area (Å²) in [5, 5.41) is 8.94. The first-order valence-electron chi connectivity index (χ1n) is 11.5. The van der Waals surface area contributed by atoms with Crippen LogP contribution in [-0.4, -0.2) is 38.8 Å². The van der Waals surface area contributed by atoms with Gasteiger partial charge in [-0.25, -0.2) is 0 Å². The van der Waals surface area contributed by atoms with E-state index in [2.05, 4.69) is 38.0 Å². The van der Waals surface area contributed by atoms with Crippen molar-refractivity contribution in [1.29, 1.82) is 0 Å². The maximum atomic E-state index is 13.2. The summed E-state index contributed by atoms with van der Waals surface area (Å²) in [5.41, 5.74) is 5.42. The predicted octanol–water partition coefficient (Wildman–Crippen LogP) is 4.68. The van der Waals surface area contributed by atoms with Gasteiger partial charge in [-0.2, -0.15) is 5.10 Å². The van der Waals surface area contributed by atoms with Gasteiger partial charge in [-0.15, -0.1) is 0 Å². The van der Waals surface area contributed by atoms with Gasteiger partial charge in [0.1, 0.15) is 5.76 Å². The number of piperidine rings is 1. The van der Waals surface area contributed by atoms with E-state index in [0.717, 1.165) is 68.0 Å². The van der Waals surface area contributed by atoms with Gasteiger partial charge in [-0.3, -0.25) is 9.48 Å². The lowest BCUT2D eigenvalue weighted by Crippen LogP contribution is -2.38. The summed E-state index contributed by atoms with van der Waals surface area (Å²) in [4.78, 5) is 15.2. The highest BCUT2D eigenvalue weighted by molar-refractivity contribution is 5.96. The topological polar surface area (TPSA) is 64.2 Å². The second-order valence-corrected chi connectivity index (χ2v) is 10.2. The number of aryl methyl sites for hydroxylation is 3. The molecule has 6 nitrogen and oxygen atoms in total. The van der Waals surface area contributed by atoms with Crippen molar-refractivity contribution in [3.63, 3.8) is 0 Å². The number of likely N-dealkylation sites (tertiary alicyclic amines) is 1. The number of amides is 1. The van der Waals surface area contributed by atoms with Gasteiger partial charge < -0.3 is 9.42 Å². The molecule has 1 aliphatic carbocycles. The number of hydrogen-bond donors (Lipinski definition) is 0. The predicted molar refractivity (Wildman–Crippen MR) is 117 cm³/mol. The van der Waals surface area contributed by atoms with Crippen molar-refractivity contribution >= 4 is 5.91 Å². The maximum Gasteiger partial charge on any atom is 0.257 e. The van der Waals surface area contributed by atoms with Gasteiger partial charge in [0.2, 0.25) is 0 Å². The maximum absolute atomic E-state index is 13.2. The molecular weight excluding hydrogens is 376 g/mol. The summed E-state index contributed by atoms with van der Waals surface area (Å²) in [5.74, 6) is 2.25. The number of rotatable bonds is 3. The molecule has 1 atom stereocenters. The molecule has 2 aromatic heterocycles. The lowest BCUT2D eigenvalue weighted by Gasteiger charge is -2.35. The molecule has 1 aliphatic heterocycles. The highest BCUT2D eigenvalue weighted by Crippen LogP contribution is 2.41. The van der Waals surface area contributed by atoms with Gasteiger partial charge in [0.05, 0.1) is 17.0 Å². The minimum absolute atomic E-state index is 0.121. The van der Waals surface area contributed by atoms with Crippen LogP contribution in [0, 0.1) is 25.2 Å². The fourth-order valence-corrected chi connectivity index (χ4v) is 5.31. The minimum atomic E-state index is 0.121. The standard InChI is InChI=1S/C24H36N4O2/c1-7-28-16(3)21(15(2)25-28)23(29)27-12-10-17(11-13-27)22-19-14-18(24(4,5)6)8-9-20(19)26-30-22/h17-18H,7-14H2,1-6H3. The van der Waals surface area contributed by atoms with Crippen molar-refractivity contribution in [2.24, 2.45) is 11.3 Å². The van der Waals surface area contributed by atoms with E-state index >= 15 is 0 Å². The molecule has 1 amide bonds. The number of carbonyl (C=O) groups is 1. The van der Waals surface area contributed by atoms with Crippen LogP contribution in [0.4, 0.5) is 0 Å². The Kier molecular flexibility index (Phi) is 5.54. The average molecular weight is 413 g/mol. The molecule has 0 saturated carbocycles. The Morgan fingerprint density at radius 3 is 2.47 bits per heavy atom. The molecule has 2 aromatic rings. The third kappa shape index (κ3) is 3.69. The van der Waals surface area contributed by atoms with Crippen LogP contribution >= 0.6 is 0 Å².